The highest BCUT2D eigenvalue weighted by Crippen LogP contribution is 2.24. The lowest BCUT2D eigenvalue weighted by Gasteiger charge is -2.41. The van der Waals surface area contributed by atoms with Gasteiger partial charge in [-0.3, -0.25) is 0 Å². The van der Waals surface area contributed by atoms with Crippen molar-refractivity contribution in [2.24, 2.45) is 5.73 Å². The van der Waals surface area contributed by atoms with Gasteiger partial charge in [0.1, 0.15) is 0 Å². The van der Waals surface area contributed by atoms with E-state index in [9.17, 15) is 8.42 Å². The van der Waals surface area contributed by atoms with Gasteiger partial charge < -0.3 is 15.4 Å². The summed E-state index contributed by atoms with van der Waals surface area (Å²) in [6.07, 6.45) is 1.20. The molecule has 2 aliphatic heterocycles. The topological polar surface area (TPSA) is 87.9 Å². The van der Waals surface area contributed by atoms with Crippen molar-refractivity contribution in [2.45, 2.75) is 18.4 Å². The first-order chi connectivity index (χ1) is 9.36. The standard InChI is InChI=1S/C11H22N4O3S2/c1-14-4-2-11(3-5-14,10(12)19)13-20(16,17)15-6-8-18-9-7-15/h13H,2-9H2,1H3,(H2,12,19). The van der Waals surface area contributed by atoms with Crippen molar-refractivity contribution in [2.75, 3.05) is 46.4 Å². The Labute approximate surface area is 125 Å². The second-order valence-corrected chi connectivity index (χ2v) is 7.48. The van der Waals surface area contributed by atoms with Crippen molar-refractivity contribution in [3.63, 3.8) is 0 Å². The highest BCUT2D eigenvalue weighted by Gasteiger charge is 2.41. The molecule has 0 aliphatic carbocycles. The van der Waals surface area contributed by atoms with Gasteiger partial charge in [-0.15, -0.1) is 0 Å². The van der Waals surface area contributed by atoms with Crippen LogP contribution in [0.25, 0.3) is 0 Å². The van der Waals surface area contributed by atoms with E-state index in [1.165, 1.54) is 4.31 Å². The van der Waals surface area contributed by atoms with E-state index in [1.807, 2.05) is 7.05 Å². The van der Waals surface area contributed by atoms with Gasteiger partial charge in [-0.1, -0.05) is 12.2 Å². The number of hydrogen-bond donors (Lipinski definition) is 2. The van der Waals surface area contributed by atoms with Crippen LogP contribution in [0, 0.1) is 0 Å². The van der Waals surface area contributed by atoms with Crippen molar-refractivity contribution in [3.05, 3.63) is 0 Å². The molecule has 0 aromatic carbocycles. The molecular formula is C11H22N4O3S2. The number of nitrogens with two attached hydrogens (primary N) is 1. The quantitative estimate of drug-likeness (QED) is 0.639. The zero-order valence-corrected chi connectivity index (χ0v) is 13.3. The third-order valence-electron chi connectivity index (χ3n) is 3.95. The monoisotopic (exact) mass is 322 g/mol. The zero-order chi connectivity index (χ0) is 14.8. The second kappa shape index (κ2) is 6.20. The van der Waals surface area contributed by atoms with E-state index >= 15 is 0 Å². The summed E-state index contributed by atoms with van der Waals surface area (Å²) < 4.78 is 34.3. The molecule has 2 saturated heterocycles. The molecule has 20 heavy (non-hydrogen) atoms. The molecule has 0 amide bonds. The second-order valence-electron chi connectivity index (χ2n) is 5.37. The molecule has 7 nitrogen and oxygen atoms in total. The van der Waals surface area contributed by atoms with Gasteiger partial charge in [0.05, 0.1) is 23.7 Å². The fraction of sp³-hybridized carbons (Fsp3) is 0.909. The maximum atomic E-state index is 12.5. The molecule has 0 aromatic heterocycles. The number of hydrogen-bond acceptors (Lipinski definition) is 5. The first-order valence-corrected chi connectivity index (χ1v) is 8.56. The molecule has 2 aliphatic rings. The van der Waals surface area contributed by atoms with Gasteiger partial charge in [0.15, 0.2) is 0 Å². The van der Waals surface area contributed by atoms with Crippen LogP contribution in [0.1, 0.15) is 12.8 Å². The summed E-state index contributed by atoms with van der Waals surface area (Å²) in [6.45, 7) is 3.10. The smallest absolute Gasteiger partial charge is 0.280 e. The molecule has 116 valence electrons. The maximum absolute atomic E-state index is 12.5. The van der Waals surface area contributed by atoms with E-state index < -0.39 is 15.7 Å². The van der Waals surface area contributed by atoms with Crippen LogP contribution >= 0.6 is 12.2 Å². The highest BCUT2D eigenvalue weighted by molar-refractivity contribution is 7.87. The lowest BCUT2D eigenvalue weighted by molar-refractivity contribution is 0.0718. The van der Waals surface area contributed by atoms with Crippen molar-refractivity contribution in [1.29, 1.82) is 0 Å². The molecule has 0 radical (unpaired) electrons. The third-order valence-corrected chi connectivity index (χ3v) is 6.03. The lowest BCUT2D eigenvalue weighted by Crippen LogP contribution is -2.64. The molecule has 3 N–H and O–H groups in total. The van der Waals surface area contributed by atoms with Crippen LogP contribution in [0.15, 0.2) is 0 Å². The molecular weight excluding hydrogens is 300 g/mol. The number of rotatable bonds is 4. The molecule has 0 bridgehead atoms. The van der Waals surface area contributed by atoms with Gasteiger partial charge in [0, 0.05) is 26.2 Å². The number of piperidine rings is 1. The number of likely N-dealkylation sites (tertiary alicyclic amines) is 1. The Hall–Kier alpha value is -0.320. The summed E-state index contributed by atoms with van der Waals surface area (Å²) in [5, 5.41) is 0. The van der Waals surface area contributed by atoms with Gasteiger partial charge in [0.25, 0.3) is 10.2 Å². The average Bonchev–Trinajstić information content (AvgIpc) is 2.42. The van der Waals surface area contributed by atoms with Crippen LogP contribution in [0.2, 0.25) is 0 Å². The summed E-state index contributed by atoms with van der Waals surface area (Å²) >= 11 is 5.12. The minimum Gasteiger partial charge on any atom is -0.392 e. The minimum absolute atomic E-state index is 0.224. The summed E-state index contributed by atoms with van der Waals surface area (Å²) in [7, 11) is -1.59. The molecule has 0 saturated carbocycles. The maximum Gasteiger partial charge on any atom is 0.280 e. The largest absolute Gasteiger partial charge is 0.392 e. The van der Waals surface area contributed by atoms with Gasteiger partial charge in [-0.25, -0.2) is 0 Å². The van der Waals surface area contributed by atoms with Crippen molar-refractivity contribution >= 4 is 27.4 Å². The van der Waals surface area contributed by atoms with Gasteiger partial charge >= 0.3 is 0 Å². The number of thiocarbonyl (C=S) groups is 1. The van der Waals surface area contributed by atoms with E-state index in [4.69, 9.17) is 22.7 Å². The lowest BCUT2D eigenvalue weighted by atomic mass is 9.89. The normalized spacial score (nSPS) is 25.4. The Morgan fingerprint density at radius 3 is 2.30 bits per heavy atom. The molecule has 0 aromatic rings. The van der Waals surface area contributed by atoms with Crippen molar-refractivity contribution < 1.29 is 13.2 Å². The van der Waals surface area contributed by atoms with Crippen LogP contribution in [-0.4, -0.2) is 74.6 Å². The molecule has 2 heterocycles. The van der Waals surface area contributed by atoms with E-state index in [2.05, 4.69) is 9.62 Å². The molecule has 2 fully saturated rings. The Kier molecular flexibility index (Phi) is 4.98. The van der Waals surface area contributed by atoms with E-state index in [1.54, 1.807) is 0 Å². The first-order valence-electron chi connectivity index (χ1n) is 6.71. The molecule has 9 heteroatoms. The number of nitrogens with zero attached hydrogens (tertiary/aromatic N) is 2. The zero-order valence-electron chi connectivity index (χ0n) is 11.7. The van der Waals surface area contributed by atoms with Crippen LogP contribution in [0.3, 0.4) is 0 Å². The predicted octanol–water partition coefficient (Wildman–Crippen LogP) is -1.10. The molecule has 0 atom stereocenters. The van der Waals surface area contributed by atoms with Crippen molar-refractivity contribution in [3.8, 4) is 0 Å². The SMILES string of the molecule is CN1CCC(NS(=O)(=O)N2CCOCC2)(C(N)=S)CC1. The number of morpholine rings is 1. The average molecular weight is 322 g/mol. The Morgan fingerprint density at radius 2 is 1.80 bits per heavy atom. The van der Waals surface area contributed by atoms with E-state index in [0.717, 1.165) is 13.1 Å². The Bertz CT molecular complexity index is 454. The van der Waals surface area contributed by atoms with Crippen LogP contribution in [0.5, 0.6) is 0 Å². The molecule has 0 spiro atoms. The van der Waals surface area contributed by atoms with E-state index in [-0.39, 0.29) is 4.99 Å². The third kappa shape index (κ3) is 3.46. The van der Waals surface area contributed by atoms with Gasteiger partial charge in [-0.05, 0) is 19.9 Å². The summed E-state index contributed by atoms with van der Waals surface area (Å²) in [5.74, 6) is 0. The molecule has 0 unspecified atom stereocenters. The minimum atomic E-state index is -3.59. The predicted molar refractivity (Wildman–Crippen MR) is 80.7 cm³/mol. The summed E-state index contributed by atoms with van der Waals surface area (Å²) in [4.78, 5) is 2.36. The van der Waals surface area contributed by atoms with Gasteiger partial charge in [-0.2, -0.15) is 17.4 Å². The summed E-state index contributed by atoms with van der Waals surface area (Å²) in [5.41, 5.74) is 5.02. The van der Waals surface area contributed by atoms with E-state index in [0.29, 0.717) is 39.1 Å². The number of ether oxygens (including phenoxy) is 1. The first kappa shape index (κ1) is 16.1. The van der Waals surface area contributed by atoms with Crippen LogP contribution < -0.4 is 10.5 Å². The Balaban J connectivity index is 2.13. The highest BCUT2D eigenvalue weighted by atomic mass is 32.2. The van der Waals surface area contributed by atoms with Crippen LogP contribution in [-0.2, 0) is 14.9 Å². The fourth-order valence-electron chi connectivity index (χ4n) is 2.50. The van der Waals surface area contributed by atoms with Gasteiger partial charge in [0.2, 0.25) is 0 Å². The molecule has 2 rings (SSSR count). The fourth-order valence-corrected chi connectivity index (χ4v) is 4.38. The van der Waals surface area contributed by atoms with Crippen LogP contribution in [0.4, 0.5) is 0 Å². The Morgan fingerprint density at radius 1 is 1.25 bits per heavy atom. The van der Waals surface area contributed by atoms with Crippen molar-refractivity contribution in [1.82, 2.24) is 13.9 Å². The summed E-state index contributed by atoms with van der Waals surface area (Å²) in [6, 6.07) is 0. The number of nitrogens with one attached hydrogen (secondary N) is 1.